The number of hydrogen-bond donors (Lipinski definition) is 3. The fourth-order valence-corrected chi connectivity index (χ4v) is 2.31. The summed E-state index contributed by atoms with van der Waals surface area (Å²) in [6.07, 6.45) is 5.55. The first-order chi connectivity index (χ1) is 11.1. The molecule has 4 N–H and O–H groups in total. The lowest BCUT2D eigenvalue weighted by atomic mass is 10.1. The van der Waals surface area contributed by atoms with Crippen LogP contribution in [0, 0.1) is 0 Å². The van der Waals surface area contributed by atoms with E-state index in [-0.39, 0.29) is 0 Å². The number of fused-ring (bicyclic) bond motifs is 1. The molecule has 2 heterocycles. The summed E-state index contributed by atoms with van der Waals surface area (Å²) >= 11 is 0. The van der Waals surface area contributed by atoms with E-state index in [0.29, 0.717) is 6.42 Å². The Morgan fingerprint density at radius 2 is 1.91 bits per heavy atom. The first kappa shape index (κ1) is 14.9. The molecule has 0 amide bonds. The summed E-state index contributed by atoms with van der Waals surface area (Å²) < 4.78 is 0. The van der Waals surface area contributed by atoms with Crippen molar-refractivity contribution in [3.8, 4) is 0 Å². The van der Waals surface area contributed by atoms with Gasteiger partial charge in [0.1, 0.15) is 11.9 Å². The largest absolute Gasteiger partial charge is 0.480 e. The van der Waals surface area contributed by atoms with Crippen LogP contribution in [0.2, 0.25) is 0 Å². The third kappa shape index (κ3) is 3.44. The number of nitrogens with two attached hydrogens (primary N) is 1. The molecule has 0 spiro atoms. The van der Waals surface area contributed by atoms with Crippen molar-refractivity contribution in [1.29, 1.82) is 0 Å². The van der Waals surface area contributed by atoms with Crippen molar-refractivity contribution in [3.05, 3.63) is 60.6 Å². The number of nitrogens with zero attached hydrogens (tertiary/aromatic N) is 2. The molecule has 0 radical (unpaired) electrons. The molecule has 0 aliphatic carbocycles. The van der Waals surface area contributed by atoms with E-state index in [1.807, 2.05) is 36.4 Å². The number of aromatic nitrogens is 2. The van der Waals surface area contributed by atoms with Crippen molar-refractivity contribution in [2.24, 2.45) is 5.73 Å². The van der Waals surface area contributed by atoms with Gasteiger partial charge < -0.3 is 16.2 Å². The molecule has 0 bridgehead atoms. The summed E-state index contributed by atoms with van der Waals surface area (Å²) in [4.78, 5) is 19.3. The number of aliphatic carboxylic acids is 1. The molecule has 6 heteroatoms. The highest BCUT2D eigenvalue weighted by Gasteiger charge is 2.11. The Morgan fingerprint density at radius 3 is 2.65 bits per heavy atom. The molecule has 2 aromatic heterocycles. The van der Waals surface area contributed by atoms with Crippen LogP contribution in [-0.4, -0.2) is 27.1 Å². The quantitative estimate of drug-likeness (QED) is 0.668. The number of hydrogen-bond acceptors (Lipinski definition) is 5. The number of nitrogens with one attached hydrogen (secondary N) is 1. The smallest absolute Gasteiger partial charge is 0.320 e. The normalized spacial score (nSPS) is 12.0. The van der Waals surface area contributed by atoms with Gasteiger partial charge in [0.15, 0.2) is 0 Å². The number of carboxylic acids is 1. The van der Waals surface area contributed by atoms with E-state index in [1.54, 1.807) is 18.6 Å². The van der Waals surface area contributed by atoms with Crippen LogP contribution in [0.3, 0.4) is 0 Å². The predicted octanol–water partition coefficient (Wildman–Crippen LogP) is 2.33. The van der Waals surface area contributed by atoms with Gasteiger partial charge in [-0.25, -0.2) is 4.98 Å². The van der Waals surface area contributed by atoms with Crippen molar-refractivity contribution in [2.45, 2.75) is 12.5 Å². The Kier molecular flexibility index (Phi) is 4.16. The van der Waals surface area contributed by atoms with Crippen LogP contribution < -0.4 is 11.1 Å². The number of carboxylic acid groups (broad SMARTS) is 1. The fourth-order valence-electron chi connectivity index (χ4n) is 2.31. The lowest BCUT2D eigenvalue weighted by Crippen LogP contribution is -2.32. The SMILES string of the molecule is NC(Cc1ccc(Nc2nccc3ccncc23)cc1)C(=O)O. The van der Waals surface area contributed by atoms with Crippen molar-refractivity contribution < 1.29 is 9.90 Å². The van der Waals surface area contributed by atoms with Crippen LogP contribution in [0.25, 0.3) is 10.8 Å². The van der Waals surface area contributed by atoms with E-state index in [2.05, 4.69) is 15.3 Å². The highest BCUT2D eigenvalue weighted by Crippen LogP contribution is 2.23. The van der Waals surface area contributed by atoms with Crippen molar-refractivity contribution >= 4 is 28.2 Å². The third-order valence-corrected chi connectivity index (χ3v) is 3.56. The van der Waals surface area contributed by atoms with Crippen molar-refractivity contribution in [1.82, 2.24) is 9.97 Å². The van der Waals surface area contributed by atoms with E-state index in [1.165, 1.54) is 0 Å². The second-order valence-corrected chi connectivity index (χ2v) is 5.23. The summed E-state index contributed by atoms with van der Waals surface area (Å²) in [6, 6.07) is 10.4. The van der Waals surface area contributed by atoms with Crippen molar-refractivity contribution in [3.63, 3.8) is 0 Å². The minimum atomic E-state index is -1.00. The standard InChI is InChI=1S/C17H16N4O2/c18-15(17(22)23)9-11-1-3-13(4-2-11)21-16-14-10-19-7-5-12(14)6-8-20-16/h1-8,10,15H,9,18H2,(H,20,21)(H,22,23). The van der Waals surface area contributed by atoms with Gasteiger partial charge in [0.25, 0.3) is 0 Å². The minimum Gasteiger partial charge on any atom is -0.480 e. The van der Waals surface area contributed by atoms with Crippen LogP contribution in [0.5, 0.6) is 0 Å². The topological polar surface area (TPSA) is 101 Å². The molecular weight excluding hydrogens is 292 g/mol. The number of benzene rings is 1. The summed E-state index contributed by atoms with van der Waals surface area (Å²) in [5, 5.41) is 14.1. The highest BCUT2D eigenvalue weighted by molar-refractivity contribution is 5.92. The lowest BCUT2D eigenvalue weighted by molar-refractivity contribution is -0.138. The zero-order valence-corrected chi connectivity index (χ0v) is 12.3. The van der Waals surface area contributed by atoms with E-state index in [9.17, 15) is 4.79 Å². The monoisotopic (exact) mass is 308 g/mol. The summed E-state index contributed by atoms with van der Waals surface area (Å²) in [5.41, 5.74) is 7.28. The molecule has 1 unspecified atom stereocenters. The maximum absolute atomic E-state index is 10.8. The maximum atomic E-state index is 10.8. The van der Waals surface area contributed by atoms with E-state index >= 15 is 0 Å². The van der Waals surface area contributed by atoms with Gasteiger partial charge in [-0.05, 0) is 41.6 Å². The Morgan fingerprint density at radius 1 is 1.17 bits per heavy atom. The van der Waals surface area contributed by atoms with Gasteiger partial charge >= 0.3 is 5.97 Å². The fraction of sp³-hybridized carbons (Fsp3) is 0.118. The Hall–Kier alpha value is -2.99. The Bertz CT molecular complexity index is 828. The molecule has 3 aromatic rings. The van der Waals surface area contributed by atoms with Crippen LogP contribution in [0.15, 0.2) is 55.0 Å². The summed E-state index contributed by atoms with van der Waals surface area (Å²) in [6.45, 7) is 0. The number of anilines is 2. The molecule has 1 aromatic carbocycles. The molecule has 1 atom stereocenters. The summed E-state index contributed by atoms with van der Waals surface area (Å²) in [5.74, 6) is -0.273. The first-order valence-electron chi connectivity index (χ1n) is 7.16. The first-order valence-corrected chi connectivity index (χ1v) is 7.16. The van der Waals surface area contributed by atoms with Gasteiger partial charge in [-0.2, -0.15) is 0 Å². The Labute approximate surface area is 133 Å². The zero-order valence-electron chi connectivity index (χ0n) is 12.3. The third-order valence-electron chi connectivity index (χ3n) is 3.56. The number of rotatable bonds is 5. The zero-order chi connectivity index (χ0) is 16.2. The molecular formula is C17H16N4O2. The molecule has 116 valence electrons. The molecule has 0 saturated heterocycles. The van der Waals surface area contributed by atoms with Gasteiger partial charge in [-0.3, -0.25) is 9.78 Å². The second-order valence-electron chi connectivity index (χ2n) is 5.23. The van der Waals surface area contributed by atoms with Gasteiger partial charge in [-0.15, -0.1) is 0 Å². The Balaban J connectivity index is 1.79. The summed E-state index contributed by atoms with van der Waals surface area (Å²) in [7, 11) is 0. The van der Waals surface area contributed by atoms with Gasteiger partial charge in [0.05, 0.1) is 0 Å². The second kappa shape index (κ2) is 6.41. The molecule has 0 aliphatic heterocycles. The van der Waals surface area contributed by atoms with Crippen LogP contribution in [0.4, 0.5) is 11.5 Å². The van der Waals surface area contributed by atoms with Gasteiger partial charge in [0, 0.05) is 29.7 Å². The average Bonchev–Trinajstić information content (AvgIpc) is 2.57. The maximum Gasteiger partial charge on any atom is 0.320 e. The van der Waals surface area contributed by atoms with E-state index < -0.39 is 12.0 Å². The van der Waals surface area contributed by atoms with Crippen molar-refractivity contribution in [2.75, 3.05) is 5.32 Å². The molecule has 3 rings (SSSR count). The average molecular weight is 308 g/mol. The van der Waals surface area contributed by atoms with Gasteiger partial charge in [0.2, 0.25) is 0 Å². The van der Waals surface area contributed by atoms with Crippen LogP contribution in [-0.2, 0) is 11.2 Å². The molecule has 0 fully saturated rings. The molecule has 0 aliphatic rings. The lowest BCUT2D eigenvalue weighted by Gasteiger charge is -2.10. The molecule has 6 nitrogen and oxygen atoms in total. The van der Waals surface area contributed by atoms with E-state index in [0.717, 1.165) is 27.8 Å². The molecule has 0 saturated carbocycles. The van der Waals surface area contributed by atoms with E-state index in [4.69, 9.17) is 10.8 Å². The molecule has 23 heavy (non-hydrogen) atoms. The van der Waals surface area contributed by atoms with Gasteiger partial charge in [-0.1, -0.05) is 12.1 Å². The minimum absolute atomic E-state index is 0.298. The highest BCUT2D eigenvalue weighted by atomic mass is 16.4. The predicted molar refractivity (Wildman–Crippen MR) is 88.6 cm³/mol. The number of carbonyl (C=O) groups is 1. The van der Waals surface area contributed by atoms with Crippen LogP contribution >= 0.6 is 0 Å². The number of pyridine rings is 2. The van der Waals surface area contributed by atoms with Crippen LogP contribution in [0.1, 0.15) is 5.56 Å².